The number of ether oxygens (including phenoxy) is 2. The Hall–Kier alpha value is -0.810. The molecule has 0 spiro atoms. The first-order valence-electron chi connectivity index (χ1n) is 8.23. The van der Waals surface area contributed by atoms with E-state index < -0.39 is 6.10 Å². The summed E-state index contributed by atoms with van der Waals surface area (Å²) in [6, 6.07) is 8.05. The van der Waals surface area contributed by atoms with Gasteiger partial charge in [0.05, 0.1) is 12.2 Å². The average molecular weight is 344 g/mol. The zero-order valence-corrected chi connectivity index (χ0v) is 15.4. The minimum absolute atomic E-state index is 0. The molecule has 1 heterocycles. The van der Waals surface area contributed by atoms with Crippen molar-refractivity contribution in [3.8, 4) is 5.75 Å². The second-order valence-electron chi connectivity index (χ2n) is 6.63. The Balaban J connectivity index is 0.00000264. The van der Waals surface area contributed by atoms with Crippen molar-refractivity contribution in [2.45, 2.75) is 51.9 Å². The van der Waals surface area contributed by atoms with Crippen LogP contribution in [0.3, 0.4) is 0 Å². The molecule has 1 saturated heterocycles. The summed E-state index contributed by atoms with van der Waals surface area (Å²) >= 11 is 0. The monoisotopic (exact) mass is 343 g/mol. The summed E-state index contributed by atoms with van der Waals surface area (Å²) in [5, 5.41) is 10.3. The van der Waals surface area contributed by atoms with E-state index in [0.717, 1.165) is 18.8 Å². The third-order valence-electron chi connectivity index (χ3n) is 3.94. The van der Waals surface area contributed by atoms with Crippen LogP contribution in [0.2, 0.25) is 0 Å². The van der Waals surface area contributed by atoms with Crippen molar-refractivity contribution in [3.05, 3.63) is 29.8 Å². The second kappa shape index (κ2) is 9.48. The predicted molar refractivity (Wildman–Crippen MR) is 95.7 cm³/mol. The van der Waals surface area contributed by atoms with E-state index in [2.05, 4.69) is 38.7 Å². The highest BCUT2D eigenvalue weighted by Gasteiger charge is 2.24. The van der Waals surface area contributed by atoms with E-state index in [0.29, 0.717) is 19.1 Å². The molecule has 2 rings (SSSR count). The number of aliphatic hydroxyl groups excluding tert-OH is 1. The fourth-order valence-corrected chi connectivity index (χ4v) is 3.06. The van der Waals surface area contributed by atoms with Crippen LogP contribution < -0.4 is 4.74 Å². The molecule has 1 fully saturated rings. The van der Waals surface area contributed by atoms with Crippen LogP contribution >= 0.6 is 12.4 Å². The van der Waals surface area contributed by atoms with E-state index in [1.54, 1.807) is 0 Å². The lowest BCUT2D eigenvalue weighted by atomic mass is 10.0. The number of benzene rings is 1. The maximum absolute atomic E-state index is 10.3. The zero-order chi connectivity index (χ0) is 16.1. The van der Waals surface area contributed by atoms with Crippen LogP contribution in [-0.2, 0) is 4.74 Å². The lowest BCUT2D eigenvalue weighted by Crippen LogP contribution is -2.48. The van der Waals surface area contributed by atoms with E-state index in [1.807, 2.05) is 18.2 Å². The first-order valence-corrected chi connectivity index (χ1v) is 8.23. The van der Waals surface area contributed by atoms with Gasteiger partial charge in [-0.2, -0.15) is 0 Å². The molecule has 1 aromatic carbocycles. The van der Waals surface area contributed by atoms with Crippen molar-refractivity contribution in [1.82, 2.24) is 4.90 Å². The number of hydrogen-bond donors (Lipinski definition) is 1. The van der Waals surface area contributed by atoms with E-state index in [9.17, 15) is 5.11 Å². The molecular weight excluding hydrogens is 314 g/mol. The molecule has 0 aromatic heterocycles. The number of nitrogens with zero attached hydrogens (tertiary/aromatic N) is 1. The first kappa shape index (κ1) is 20.2. The Labute approximate surface area is 146 Å². The van der Waals surface area contributed by atoms with E-state index in [4.69, 9.17) is 9.47 Å². The summed E-state index contributed by atoms with van der Waals surface area (Å²) in [5.74, 6) is 1.29. The standard InChI is InChI=1S/C18H29NO3.ClH/c1-13(2)17-7-5-6-8-18(17)21-12-16(20)11-19-9-14(3)22-15(4)10-19;/h5-8,13-16,20H,9-12H2,1-4H3;1H. The number of halogens is 1. The smallest absolute Gasteiger partial charge is 0.122 e. The number of para-hydroxylation sites is 1. The topological polar surface area (TPSA) is 41.9 Å². The molecule has 1 aromatic rings. The fraction of sp³-hybridized carbons (Fsp3) is 0.667. The van der Waals surface area contributed by atoms with Crippen molar-refractivity contribution in [3.63, 3.8) is 0 Å². The Morgan fingerprint density at radius 2 is 1.83 bits per heavy atom. The minimum atomic E-state index is -0.488. The summed E-state index contributed by atoms with van der Waals surface area (Å²) in [4.78, 5) is 2.25. The van der Waals surface area contributed by atoms with Gasteiger partial charge in [0.2, 0.25) is 0 Å². The number of aliphatic hydroxyl groups is 1. The molecule has 0 radical (unpaired) electrons. The number of rotatable bonds is 6. The Morgan fingerprint density at radius 1 is 1.22 bits per heavy atom. The van der Waals surface area contributed by atoms with Gasteiger partial charge in [0.15, 0.2) is 0 Å². The molecule has 1 aliphatic rings. The van der Waals surface area contributed by atoms with Crippen molar-refractivity contribution < 1.29 is 14.6 Å². The van der Waals surface area contributed by atoms with E-state index in [-0.39, 0.29) is 24.6 Å². The molecule has 1 aliphatic heterocycles. The fourth-order valence-electron chi connectivity index (χ4n) is 3.06. The van der Waals surface area contributed by atoms with Gasteiger partial charge in [0.1, 0.15) is 18.5 Å². The summed E-state index contributed by atoms with van der Waals surface area (Å²) in [6.45, 7) is 11.1. The highest BCUT2D eigenvalue weighted by molar-refractivity contribution is 5.85. The molecule has 3 atom stereocenters. The Bertz CT molecular complexity index is 459. The van der Waals surface area contributed by atoms with Gasteiger partial charge in [-0.05, 0) is 31.4 Å². The first-order chi connectivity index (χ1) is 10.5. The van der Waals surface area contributed by atoms with Gasteiger partial charge in [-0.15, -0.1) is 12.4 Å². The van der Waals surface area contributed by atoms with Gasteiger partial charge in [0.25, 0.3) is 0 Å². The maximum Gasteiger partial charge on any atom is 0.122 e. The highest BCUT2D eigenvalue weighted by atomic mass is 35.5. The van der Waals surface area contributed by atoms with E-state index in [1.165, 1.54) is 5.56 Å². The SMILES string of the molecule is CC1CN(CC(O)COc2ccccc2C(C)C)CC(C)O1.Cl. The average Bonchev–Trinajstić information content (AvgIpc) is 2.44. The highest BCUT2D eigenvalue weighted by Crippen LogP contribution is 2.25. The molecule has 132 valence electrons. The molecule has 0 aliphatic carbocycles. The largest absolute Gasteiger partial charge is 0.491 e. The van der Waals surface area contributed by atoms with Gasteiger partial charge in [-0.25, -0.2) is 0 Å². The molecule has 0 amide bonds. The third kappa shape index (κ3) is 6.30. The lowest BCUT2D eigenvalue weighted by molar-refractivity contribution is -0.0787. The van der Waals surface area contributed by atoms with Crippen molar-refractivity contribution in [1.29, 1.82) is 0 Å². The Kier molecular flexibility index (Phi) is 8.34. The number of hydrogen-bond acceptors (Lipinski definition) is 4. The van der Waals surface area contributed by atoms with Crippen LogP contribution in [0, 0.1) is 0 Å². The van der Waals surface area contributed by atoms with Crippen molar-refractivity contribution in [2.24, 2.45) is 0 Å². The van der Waals surface area contributed by atoms with Crippen LogP contribution in [0.15, 0.2) is 24.3 Å². The Morgan fingerprint density at radius 3 is 2.43 bits per heavy atom. The summed E-state index contributed by atoms with van der Waals surface area (Å²) in [5.41, 5.74) is 1.18. The van der Waals surface area contributed by atoms with Crippen LogP contribution in [-0.4, -0.2) is 54.6 Å². The third-order valence-corrected chi connectivity index (χ3v) is 3.94. The normalized spacial score (nSPS) is 23.4. The molecule has 1 N–H and O–H groups in total. The van der Waals surface area contributed by atoms with Crippen LogP contribution in [0.25, 0.3) is 0 Å². The summed E-state index contributed by atoms with van der Waals surface area (Å²) in [6.07, 6.45) is -0.0465. The van der Waals surface area contributed by atoms with Crippen LogP contribution in [0.1, 0.15) is 39.2 Å². The van der Waals surface area contributed by atoms with E-state index >= 15 is 0 Å². The molecular formula is C18H30ClNO3. The minimum Gasteiger partial charge on any atom is -0.491 e. The number of morpholine rings is 1. The van der Waals surface area contributed by atoms with Gasteiger partial charge in [-0.3, -0.25) is 4.90 Å². The molecule has 4 nitrogen and oxygen atoms in total. The summed E-state index contributed by atoms with van der Waals surface area (Å²) < 4.78 is 11.6. The quantitative estimate of drug-likeness (QED) is 0.862. The van der Waals surface area contributed by atoms with Crippen LogP contribution in [0.5, 0.6) is 5.75 Å². The van der Waals surface area contributed by atoms with Gasteiger partial charge in [0, 0.05) is 19.6 Å². The molecule has 5 heteroatoms. The summed E-state index contributed by atoms with van der Waals surface area (Å²) in [7, 11) is 0. The molecule has 3 unspecified atom stereocenters. The maximum atomic E-state index is 10.3. The van der Waals surface area contributed by atoms with Crippen molar-refractivity contribution in [2.75, 3.05) is 26.2 Å². The molecule has 23 heavy (non-hydrogen) atoms. The lowest BCUT2D eigenvalue weighted by Gasteiger charge is -2.36. The van der Waals surface area contributed by atoms with Crippen LogP contribution in [0.4, 0.5) is 0 Å². The molecule has 0 bridgehead atoms. The predicted octanol–water partition coefficient (Wildman–Crippen LogP) is 3.08. The van der Waals surface area contributed by atoms with Gasteiger partial charge in [-0.1, -0.05) is 32.0 Å². The number of β-amino-alcohol motifs (C(OH)–C–C–N with tert-alkyl or cyclic N) is 1. The molecule has 0 saturated carbocycles. The van der Waals surface area contributed by atoms with Gasteiger partial charge < -0.3 is 14.6 Å². The second-order valence-corrected chi connectivity index (χ2v) is 6.63. The van der Waals surface area contributed by atoms with Crippen molar-refractivity contribution >= 4 is 12.4 Å². The van der Waals surface area contributed by atoms with Gasteiger partial charge >= 0.3 is 0 Å². The zero-order valence-electron chi connectivity index (χ0n) is 14.6.